The molecule has 0 spiro atoms. The van der Waals surface area contributed by atoms with E-state index in [1.807, 2.05) is 4.90 Å². The summed E-state index contributed by atoms with van der Waals surface area (Å²) in [6, 6.07) is -0.293. The molecular formula is C30H44F2N6O6. The molecule has 0 bridgehead atoms. The molecule has 5 fully saturated rings. The minimum absolute atomic E-state index is 0.00277. The van der Waals surface area contributed by atoms with Crippen molar-refractivity contribution in [1.29, 1.82) is 0 Å². The van der Waals surface area contributed by atoms with Gasteiger partial charge in [-0.15, -0.1) is 0 Å². The quantitative estimate of drug-likeness (QED) is 0.298. The molecule has 2 amide bonds. The summed E-state index contributed by atoms with van der Waals surface area (Å²) in [6.07, 6.45) is 0.808. The topological polar surface area (TPSA) is 124 Å². The second-order valence-electron chi connectivity index (χ2n) is 12.9. The van der Waals surface area contributed by atoms with Gasteiger partial charge in [-0.25, -0.2) is 18.4 Å². The van der Waals surface area contributed by atoms with Crippen LogP contribution in [0.4, 0.5) is 13.6 Å². The highest BCUT2D eigenvalue weighted by atomic mass is 19.1. The van der Waals surface area contributed by atoms with Crippen LogP contribution >= 0.6 is 0 Å². The predicted molar refractivity (Wildman–Crippen MR) is 153 cm³/mol. The van der Waals surface area contributed by atoms with Crippen LogP contribution in [0.5, 0.6) is 0 Å². The first-order chi connectivity index (χ1) is 21.1. The summed E-state index contributed by atoms with van der Waals surface area (Å²) in [5.41, 5.74) is 0.00277. The van der Waals surface area contributed by atoms with Crippen LogP contribution in [0.2, 0.25) is 0 Å². The first-order valence-electron chi connectivity index (χ1n) is 16.1. The average Bonchev–Trinajstić information content (AvgIpc) is 3.77. The maximum atomic E-state index is 15.7. The van der Waals surface area contributed by atoms with Gasteiger partial charge in [-0.3, -0.25) is 24.7 Å². The van der Waals surface area contributed by atoms with Crippen LogP contribution in [-0.4, -0.2) is 138 Å². The molecule has 244 valence electrons. The third-order valence-corrected chi connectivity index (χ3v) is 10.1. The van der Waals surface area contributed by atoms with E-state index in [0.29, 0.717) is 45.6 Å². The number of fused-ring (bicyclic) bond motifs is 1. The van der Waals surface area contributed by atoms with Crippen LogP contribution in [0.3, 0.4) is 0 Å². The number of hydrogen-bond donors (Lipinski definition) is 2. The van der Waals surface area contributed by atoms with E-state index >= 15 is 8.78 Å². The normalized spacial score (nSPS) is 36.9. The van der Waals surface area contributed by atoms with Crippen molar-refractivity contribution in [3.05, 3.63) is 11.8 Å². The number of piperidine rings is 1. The maximum absolute atomic E-state index is 15.7. The maximum Gasteiger partial charge on any atom is 0.410 e. The second kappa shape index (κ2) is 12.9. The van der Waals surface area contributed by atoms with Gasteiger partial charge in [-0.05, 0) is 39.0 Å². The van der Waals surface area contributed by atoms with Crippen molar-refractivity contribution in [1.82, 2.24) is 30.2 Å². The number of ketones is 1. The predicted octanol–water partition coefficient (Wildman–Crippen LogP) is 0.914. The fourth-order valence-electron chi connectivity index (χ4n) is 7.66. The molecule has 0 radical (unpaired) electrons. The van der Waals surface area contributed by atoms with Crippen LogP contribution in [0.25, 0.3) is 0 Å². The van der Waals surface area contributed by atoms with Crippen LogP contribution in [0.15, 0.2) is 11.8 Å². The van der Waals surface area contributed by atoms with E-state index in [0.717, 1.165) is 12.8 Å². The van der Waals surface area contributed by atoms with Gasteiger partial charge in [0.2, 0.25) is 5.91 Å². The number of halogens is 2. The zero-order chi connectivity index (χ0) is 31.1. The zero-order valence-electron chi connectivity index (χ0n) is 25.5. The highest BCUT2D eigenvalue weighted by Crippen LogP contribution is 2.39. The lowest BCUT2D eigenvalue weighted by Gasteiger charge is -2.51. The van der Waals surface area contributed by atoms with E-state index in [1.165, 1.54) is 6.92 Å². The van der Waals surface area contributed by atoms with Crippen molar-refractivity contribution in [2.45, 2.75) is 101 Å². The van der Waals surface area contributed by atoms with Gasteiger partial charge in [0.15, 0.2) is 5.78 Å². The van der Waals surface area contributed by atoms with Gasteiger partial charge in [0, 0.05) is 63.8 Å². The second-order valence-corrected chi connectivity index (χ2v) is 12.9. The molecular weight excluding hydrogens is 578 g/mol. The highest BCUT2D eigenvalue weighted by Gasteiger charge is 2.52. The minimum Gasteiger partial charge on any atom is -0.462 e. The number of amides is 2. The Bertz CT molecular complexity index is 1160. The Hall–Kier alpha value is -2.84. The number of carbonyl (C=O) groups excluding carboxylic acids is 4. The third-order valence-electron chi connectivity index (χ3n) is 10.1. The van der Waals surface area contributed by atoms with Gasteiger partial charge < -0.3 is 24.6 Å². The Balaban J connectivity index is 1.02. The molecule has 12 nitrogen and oxygen atoms in total. The van der Waals surface area contributed by atoms with Crippen molar-refractivity contribution in [3.63, 3.8) is 0 Å². The lowest BCUT2D eigenvalue weighted by molar-refractivity contribution is -0.143. The molecule has 14 heteroatoms. The molecule has 0 aromatic rings. The van der Waals surface area contributed by atoms with Crippen molar-refractivity contribution in [2.24, 2.45) is 5.92 Å². The number of alkyl halides is 2. The summed E-state index contributed by atoms with van der Waals surface area (Å²) in [5, 5.41) is 6.09. The van der Waals surface area contributed by atoms with Crippen molar-refractivity contribution in [2.75, 3.05) is 45.9 Å². The fraction of sp³-hybridized carbons (Fsp3) is 0.800. The lowest BCUT2D eigenvalue weighted by Crippen LogP contribution is -2.69. The Kier molecular flexibility index (Phi) is 9.12. The molecule has 2 N–H and O–H groups in total. The fourth-order valence-corrected chi connectivity index (χ4v) is 7.66. The van der Waals surface area contributed by atoms with Gasteiger partial charge in [-0.2, -0.15) is 0 Å². The van der Waals surface area contributed by atoms with Crippen LogP contribution in [-0.2, 0) is 23.9 Å². The van der Waals surface area contributed by atoms with Gasteiger partial charge in [0.05, 0.1) is 37.9 Å². The minimum atomic E-state index is -1.30. The van der Waals surface area contributed by atoms with Crippen molar-refractivity contribution < 1.29 is 37.4 Å². The largest absolute Gasteiger partial charge is 0.462 e. The summed E-state index contributed by atoms with van der Waals surface area (Å²) < 4.78 is 41.8. The molecule has 2 aliphatic carbocycles. The number of piperazine rings is 1. The molecule has 0 aromatic carbocycles. The Labute approximate surface area is 256 Å². The number of nitrogens with zero attached hydrogens (tertiary/aromatic N) is 4. The molecule has 2 saturated carbocycles. The lowest BCUT2D eigenvalue weighted by atomic mass is 9.82. The summed E-state index contributed by atoms with van der Waals surface area (Å²) in [6.45, 7) is 6.16. The molecule has 6 aliphatic rings. The smallest absolute Gasteiger partial charge is 0.410 e. The van der Waals surface area contributed by atoms with E-state index in [1.54, 1.807) is 18.0 Å². The molecule has 4 aliphatic heterocycles. The molecule has 6 rings (SSSR count). The standard InChI is InChI=1S/C30H44F2N6O6/c1-3-43-29(41)22-16-37(18-4-5-18)27-21(26(22)40)13-24(32)28(34-27)36-10-8-35(9-11-36)25-7-6-19(12-23(25)31)38-15-20(44-30(38)42)14-33-17(2)39/h16,18-21,23-25,27-28,34H,3-15H2,1-2H3,(H,33,39)/t19?,20-,21?,23?,24?,25?,27?,28?/m0/s1. The molecule has 0 aromatic heterocycles. The van der Waals surface area contributed by atoms with Crippen molar-refractivity contribution in [3.8, 4) is 0 Å². The number of cyclic esters (lactones) is 1. The number of carbonyl (C=O) groups is 4. The number of esters is 1. The van der Waals surface area contributed by atoms with Crippen LogP contribution in [0.1, 0.15) is 52.4 Å². The van der Waals surface area contributed by atoms with Gasteiger partial charge in [0.25, 0.3) is 0 Å². The summed E-state index contributed by atoms with van der Waals surface area (Å²) in [4.78, 5) is 57.2. The SMILES string of the molecule is CCOC(=O)C1=CN(C2CC2)C2NC(N3CCN(C4CCC(N5C[C@H](CNC(C)=O)OC5=O)CC4F)CC3)C(F)CC2C1=O. The number of nitrogens with one attached hydrogen (secondary N) is 2. The molecule has 44 heavy (non-hydrogen) atoms. The van der Waals surface area contributed by atoms with Crippen LogP contribution < -0.4 is 10.6 Å². The first kappa shape index (κ1) is 31.2. The Morgan fingerprint density at radius 1 is 1.00 bits per heavy atom. The van der Waals surface area contributed by atoms with Crippen LogP contribution in [0, 0.1) is 5.92 Å². The molecule has 8 atom stereocenters. The molecule has 4 heterocycles. The summed E-state index contributed by atoms with van der Waals surface area (Å²) in [7, 11) is 0. The molecule has 7 unspecified atom stereocenters. The zero-order valence-corrected chi connectivity index (χ0v) is 25.5. The van der Waals surface area contributed by atoms with E-state index in [2.05, 4.69) is 20.4 Å². The van der Waals surface area contributed by atoms with Crippen molar-refractivity contribution >= 4 is 23.8 Å². The number of Topliss-reactive ketones (excluding diaryl/α,β-unsaturated/α-hetero) is 1. The first-order valence-corrected chi connectivity index (χ1v) is 16.1. The number of hydrogen-bond acceptors (Lipinski definition) is 10. The van der Waals surface area contributed by atoms with Gasteiger partial charge >= 0.3 is 12.1 Å². The average molecular weight is 623 g/mol. The van der Waals surface area contributed by atoms with E-state index in [9.17, 15) is 19.2 Å². The van der Waals surface area contributed by atoms with E-state index in [-0.39, 0.29) is 67.5 Å². The van der Waals surface area contributed by atoms with E-state index in [4.69, 9.17) is 9.47 Å². The molecule has 3 saturated heterocycles. The van der Waals surface area contributed by atoms with E-state index < -0.39 is 42.6 Å². The third kappa shape index (κ3) is 6.30. The Morgan fingerprint density at radius 2 is 1.70 bits per heavy atom. The Morgan fingerprint density at radius 3 is 2.36 bits per heavy atom. The number of ether oxygens (including phenoxy) is 2. The summed E-state index contributed by atoms with van der Waals surface area (Å²) in [5.74, 6) is -1.87. The summed E-state index contributed by atoms with van der Waals surface area (Å²) >= 11 is 0. The van der Waals surface area contributed by atoms with Gasteiger partial charge in [-0.1, -0.05) is 0 Å². The highest BCUT2D eigenvalue weighted by molar-refractivity contribution is 6.18. The van der Waals surface area contributed by atoms with Gasteiger partial charge in [0.1, 0.15) is 24.0 Å². The number of rotatable bonds is 8. The monoisotopic (exact) mass is 622 g/mol.